The molecule has 2 unspecified atom stereocenters. The predicted molar refractivity (Wildman–Crippen MR) is 119 cm³/mol. The molecule has 0 bridgehead atoms. The van der Waals surface area contributed by atoms with Gasteiger partial charge in [0.1, 0.15) is 5.82 Å². The van der Waals surface area contributed by atoms with Crippen molar-refractivity contribution >= 4 is 19.7 Å². The van der Waals surface area contributed by atoms with E-state index in [1.165, 1.54) is 12.1 Å². The molecule has 3 heterocycles. The van der Waals surface area contributed by atoms with Crippen LogP contribution in [0.3, 0.4) is 0 Å². The average Bonchev–Trinajstić information content (AvgIpc) is 3.38. The first-order valence-electron chi connectivity index (χ1n) is 10.8. The molecule has 0 aromatic heterocycles. The van der Waals surface area contributed by atoms with Gasteiger partial charge in [-0.25, -0.2) is 21.2 Å². The Kier molecular flexibility index (Phi) is 5.84. The van der Waals surface area contributed by atoms with E-state index in [-0.39, 0.29) is 17.4 Å². The standard InChI is InChI=1S/C22H25FN2O6S2/c23-17-2-4-18(5-3-17)33(28,29)22-14-32(26,27)13-19(22)25-9-7-24(8-10-25)12-16-1-6-20-21(11-16)31-15-30-20/h1-6,11,19,22H,7-10,12-15H2. The molecule has 0 N–H and O–H groups in total. The van der Waals surface area contributed by atoms with Crippen molar-refractivity contribution in [3.8, 4) is 11.5 Å². The van der Waals surface area contributed by atoms with Crippen LogP contribution in [0, 0.1) is 5.82 Å². The summed E-state index contributed by atoms with van der Waals surface area (Å²) >= 11 is 0. The summed E-state index contributed by atoms with van der Waals surface area (Å²) in [7, 11) is -7.42. The second-order valence-corrected chi connectivity index (χ2v) is 13.0. The summed E-state index contributed by atoms with van der Waals surface area (Å²) in [5.74, 6) is 0.341. The second kappa shape index (κ2) is 8.53. The highest BCUT2D eigenvalue weighted by Gasteiger charge is 2.48. The average molecular weight is 497 g/mol. The summed E-state index contributed by atoms with van der Waals surface area (Å²) in [6.45, 7) is 3.46. The fourth-order valence-corrected chi connectivity index (χ4v) is 9.61. The molecule has 3 aliphatic heterocycles. The Morgan fingerprint density at radius 1 is 0.939 bits per heavy atom. The molecule has 0 radical (unpaired) electrons. The van der Waals surface area contributed by atoms with Crippen LogP contribution in [0.4, 0.5) is 4.39 Å². The number of ether oxygens (including phenoxy) is 2. The largest absolute Gasteiger partial charge is 0.454 e. The Bertz CT molecular complexity index is 1240. The third-order valence-corrected chi connectivity index (χ3v) is 10.7. The minimum atomic E-state index is -3.92. The number of piperazine rings is 1. The minimum absolute atomic E-state index is 0.0440. The van der Waals surface area contributed by atoms with Crippen LogP contribution in [0.15, 0.2) is 47.4 Å². The Labute approximate surface area is 192 Å². The van der Waals surface area contributed by atoms with Crippen LogP contribution in [-0.4, -0.2) is 82.4 Å². The van der Waals surface area contributed by atoms with Crippen LogP contribution >= 0.6 is 0 Å². The minimum Gasteiger partial charge on any atom is -0.454 e. The van der Waals surface area contributed by atoms with E-state index in [1.54, 1.807) is 0 Å². The zero-order valence-electron chi connectivity index (χ0n) is 17.9. The summed E-state index contributed by atoms with van der Waals surface area (Å²) in [6.07, 6.45) is 0. The molecule has 33 heavy (non-hydrogen) atoms. The molecule has 2 saturated heterocycles. The monoisotopic (exact) mass is 496 g/mol. The molecule has 2 fully saturated rings. The third-order valence-electron chi connectivity index (χ3n) is 6.53. The highest BCUT2D eigenvalue weighted by Crippen LogP contribution is 2.33. The van der Waals surface area contributed by atoms with Gasteiger partial charge in [-0.15, -0.1) is 0 Å². The Morgan fingerprint density at radius 3 is 2.36 bits per heavy atom. The topological polar surface area (TPSA) is 93.2 Å². The van der Waals surface area contributed by atoms with Crippen molar-refractivity contribution in [3.63, 3.8) is 0 Å². The maximum Gasteiger partial charge on any atom is 0.231 e. The van der Waals surface area contributed by atoms with Gasteiger partial charge >= 0.3 is 0 Å². The smallest absolute Gasteiger partial charge is 0.231 e. The molecule has 0 amide bonds. The van der Waals surface area contributed by atoms with Crippen LogP contribution in [0.2, 0.25) is 0 Å². The number of fused-ring (bicyclic) bond motifs is 1. The number of nitrogens with zero attached hydrogens (tertiary/aromatic N) is 2. The van der Waals surface area contributed by atoms with Crippen molar-refractivity contribution < 1.29 is 30.7 Å². The number of rotatable bonds is 5. The van der Waals surface area contributed by atoms with E-state index < -0.39 is 42.5 Å². The highest BCUT2D eigenvalue weighted by molar-refractivity contribution is 7.96. The van der Waals surface area contributed by atoms with Gasteiger partial charge < -0.3 is 9.47 Å². The number of halogens is 1. The zero-order valence-corrected chi connectivity index (χ0v) is 19.5. The molecule has 2 aromatic rings. The van der Waals surface area contributed by atoms with Gasteiger partial charge in [-0.2, -0.15) is 0 Å². The maximum absolute atomic E-state index is 13.3. The van der Waals surface area contributed by atoms with Crippen molar-refractivity contribution in [1.29, 1.82) is 0 Å². The number of benzene rings is 2. The molecule has 2 atom stereocenters. The summed E-state index contributed by atoms with van der Waals surface area (Å²) in [4.78, 5) is 4.19. The molecule has 2 aromatic carbocycles. The van der Waals surface area contributed by atoms with Crippen molar-refractivity contribution in [2.45, 2.75) is 22.7 Å². The zero-order chi connectivity index (χ0) is 23.2. The molecule has 178 valence electrons. The Morgan fingerprint density at radius 2 is 1.64 bits per heavy atom. The van der Waals surface area contributed by atoms with Crippen molar-refractivity contribution in [2.24, 2.45) is 0 Å². The van der Waals surface area contributed by atoms with Crippen LogP contribution in [0.5, 0.6) is 11.5 Å². The lowest BCUT2D eigenvalue weighted by Gasteiger charge is -2.39. The van der Waals surface area contributed by atoms with Gasteiger partial charge in [0, 0.05) is 38.8 Å². The second-order valence-electron chi connectivity index (χ2n) is 8.68. The van der Waals surface area contributed by atoms with E-state index in [2.05, 4.69) is 4.90 Å². The number of sulfone groups is 2. The molecule has 3 aliphatic rings. The van der Waals surface area contributed by atoms with Crippen LogP contribution < -0.4 is 9.47 Å². The molecule has 11 heteroatoms. The molecule has 0 saturated carbocycles. The van der Waals surface area contributed by atoms with E-state index in [0.717, 1.165) is 29.2 Å². The van der Waals surface area contributed by atoms with Gasteiger partial charge in [-0.05, 0) is 42.0 Å². The summed E-state index contributed by atoms with van der Waals surface area (Å²) < 4.78 is 75.4. The lowest BCUT2D eigenvalue weighted by Crippen LogP contribution is -2.54. The molecular weight excluding hydrogens is 471 g/mol. The fraction of sp³-hybridized carbons (Fsp3) is 0.455. The van der Waals surface area contributed by atoms with Crippen molar-refractivity contribution in [1.82, 2.24) is 9.80 Å². The lowest BCUT2D eigenvalue weighted by atomic mass is 10.1. The molecule has 0 aliphatic carbocycles. The molecule has 0 spiro atoms. The van der Waals surface area contributed by atoms with Gasteiger partial charge in [0.25, 0.3) is 0 Å². The Balaban J connectivity index is 1.28. The summed E-state index contributed by atoms with van der Waals surface area (Å²) in [6, 6.07) is 9.81. The van der Waals surface area contributed by atoms with Crippen LogP contribution in [-0.2, 0) is 26.2 Å². The first-order chi connectivity index (χ1) is 15.7. The van der Waals surface area contributed by atoms with Crippen LogP contribution in [0.1, 0.15) is 5.56 Å². The van der Waals surface area contributed by atoms with E-state index in [1.807, 2.05) is 23.1 Å². The van der Waals surface area contributed by atoms with Gasteiger partial charge in [0.05, 0.1) is 21.7 Å². The normalized spacial score (nSPS) is 25.4. The van der Waals surface area contributed by atoms with E-state index >= 15 is 0 Å². The highest BCUT2D eigenvalue weighted by atomic mass is 32.2. The van der Waals surface area contributed by atoms with Crippen LogP contribution in [0.25, 0.3) is 0 Å². The predicted octanol–water partition coefficient (Wildman–Crippen LogP) is 1.31. The lowest BCUT2D eigenvalue weighted by molar-refractivity contribution is 0.101. The van der Waals surface area contributed by atoms with E-state index in [4.69, 9.17) is 9.47 Å². The quantitative estimate of drug-likeness (QED) is 0.572. The third kappa shape index (κ3) is 4.59. The van der Waals surface area contributed by atoms with Gasteiger partial charge in [0.15, 0.2) is 31.2 Å². The Hall–Kier alpha value is -2.21. The maximum atomic E-state index is 13.3. The fourth-order valence-electron chi connectivity index (χ4n) is 4.78. The molecule has 5 rings (SSSR count). The molecular formula is C22H25FN2O6S2. The number of hydrogen-bond acceptors (Lipinski definition) is 8. The SMILES string of the molecule is O=S1(=O)CC(N2CCN(Cc3ccc4c(c3)OCO4)CC2)C(S(=O)(=O)c2ccc(F)cc2)C1. The molecule has 8 nitrogen and oxygen atoms in total. The van der Waals surface area contributed by atoms with Gasteiger partial charge in [0.2, 0.25) is 6.79 Å². The van der Waals surface area contributed by atoms with Gasteiger partial charge in [-0.3, -0.25) is 9.80 Å². The van der Waals surface area contributed by atoms with E-state index in [9.17, 15) is 21.2 Å². The van der Waals surface area contributed by atoms with E-state index in [0.29, 0.717) is 32.7 Å². The number of hydrogen-bond donors (Lipinski definition) is 0. The first kappa shape index (κ1) is 22.6. The first-order valence-corrected chi connectivity index (χ1v) is 14.1. The summed E-state index contributed by atoms with van der Waals surface area (Å²) in [5, 5.41) is -1.06. The van der Waals surface area contributed by atoms with Gasteiger partial charge in [-0.1, -0.05) is 6.07 Å². The summed E-state index contributed by atoms with van der Waals surface area (Å²) in [5.41, 5.74) is 1.09. The van der Waals surface area contributed by atoms with Crippen molar-refractivity contribution in [2.75, 3.05) is 44.5 Å². The van der Waals surface area contributed by atoms with Crippen molar-refractivity contribution in [3.05, 3.63) is 53.8 Å².